The first kappa shape index (κ1) is 15.5. The second-order valence-electron chi connectivity index (χ2n) is 5.26. The third-order valence-electron chi connectivity index (χ3n) is 3.65. The Labute approximate surface area is 133 Å². The molecule has 0 aromatic heterocycles. The van der Waals surface area contributed by atoms with Crippen molar-refractivity contribution in [2.45, 2.75) is 10.6 Å². The van der Waals surface area contributed by atoms with Gasteiger partial charge in [0.2, 0.25) is 0 Å². The fraction of sp³-hybridized carbons (Fsp3) is 0.188. The largest absolute Gasteiger partial charge is 0.482 e. The highest BCUT2D eigenvalue weighted by Crippen LogP contribution is 2.34. The minimum Gasteiger partial charge on any atom is -0.482 e. The Morgan fingerprint density at radius 3 is 2.57 bits per heavy atom. The van der Waals surface area contributed by atoms with Crippen LogP contribution < -0.4 is 9.64 Å². The van der Waals surface area contributed by atoms with Gasteiger partial charge in [0.25, 0.3) is 5.91 Å². The molecule has 0 N–H and O–H groups in total. The molecule has 0 fully saturated rings. The van der Waals surface area contributed by atoms with E-state index in [-0.39, 0.29) is 23.2 Å². The van der Waals surface area contributed by atoms with Crippen LogP contribution in [0.15, 0.2) is 47.4 Å². The quantitative estimate of drug-likeness (QED) is 0.862. The van der Waals surface area contributed by atoms with Gasteiger partial charge < -0.3 is 9.64 Å². The first-order valence-electron chi connectivity index (χ1n) is 6.87. The lowest BCUT2D eigenvalue weighted by Crippen LogP contribution is -2.35. The van der Waals surface area contributed by atoms with Gasteiger partial charge in [0.05, 0.1) is 16.3 Å². The maximum absolute atomic E-state index is 12.9. The summed E-state index contributed by atoms with van der Waals surface area (Å²) in [7, 11) is -2.05. The van der Waals surface area contributed by atoms with Gasteiger partial charge in [-0.15, -0.1) is 0 Å². The number of likely N-dealkylation sites (N-methyl/N-ethyl adjacent to an activating group) is 1. The Morgan fingerprint density at radius 1 is 1.17 bits per heavy atom. The molecule has 0 saturated carbocycles. The number of benzene rings is 2. The van der Waals surface area contributed by atoms with Gasteiger partial charge in [-0.25, -0.2) is 12.8 Å². The van der Waals surface area contributed by atoms with Gasteiger partial charge in [-0.3, -0.25) is 4.79 Å². The lowest BCUT2D eigenvalue weighted by atomic mass is 10.2. The zero-order valence-electron chi connectivity index (χ0n) is 12.3. The third-order valence-corrected chi connectivity index (χ3v) is 5.33. The van der Waals surface area contributed by atoms with Gasteiger partial charge in [0, 0.05) is 7.05 Å². The Hall–Kier alpha value is -2.41. The summed E-state index contributed by atoms with van der Waals surface area (Å²) < 4.78 is 43.2. The molecular formula is C16H14FNO4S. The first-order chi connectivity index (χ1) is 10.9. The van der Waals surface area contributed by atoms with Gasteiger partial charge in [0.15, 0.2) is 16.4 Å². The molecule has 0 radical (unpaired) electrons. The number of carbonyl (C=O) groups is 1. The minimum absolute atomic E-state index is 0.0643. The van der Waals surface area contributed by atoms with Crippen LogP contribution in [0.5, 0.6) is 5.75 Å². The molecule has 2 aromatic rings. The van der Waals surface area contributed by atoms with E-state index in [1.165, 1.54) is 47.4 Å². The average molecular weight is 335 g/mol. The lowest BCUT2D eigenvalue weighted by molar-refractivity contribution is -0.120. The van der Waals surface area contributed by atoms with E-state index in [9.17, 15) is 17.6 Å². The van der Waals surface area contributed by atoms with Crippen LogP contribution in [0.25, 0.3) is 0 Å². The number of hydrogen-bond acceptors (Lipinski definition) is 4. The fourth-order valence-corrected chi connectivity index (χ4v) is 3.69. The molecule has 2 aromatic carbocycles. The van der Waals surface area contributed by atoms with E-state index in [0.29, 0.717) is 17.0 Å². The van der Waals surface area contributed by atoms with E-state index in [2.05, 4.69) is 0 Å². The summed E-state index contributed by atoms with van der Waals surface area (Å²) in [6.45, 7) is -0.0643. The molecule has 7 heteroatoms. The summed E-state index contributed by atoms with van der Waals surface area (Å²) in [4.78, 5) is 13.1. The number of fused-ring (bicyclic) bond motifs is 1. The maximum Gasteiger partial charge on any atom is 0.264 e. The second kappa shape index (κ2) is 5.66. The maximum atomic E-state index is 12.9. The summed E-state index contributed by atoms with van der Waals surface area (Å²) in [6.07, 6.45) is 0. The molecule has 3 rings (SSSR count). The predicted molar refractivity (Wildman–Crippen MR) is 82.6 cm³/mol. The van der Waals surface area contributed by atoms with Crippen molar-refractivity contribution in [3.05, 3.63) is 53.8 Å². The standard InChI is InChI=1S/C16H14FNO4S/c1-18-14-8-13(6-7-15(14)22-9-16(18)19)23(20,21)10-11-2-4-12(17)5-3-11/h2-8H,9-10H2,1H3. The molecule has 0 bridgehead atoms. The van der Waals surface area contributed by atoms with Crippen molar-refractivity contribution in [3.63, 3.8) is 0 Å². The monoisotopic (exact) mass is 335 g/mol. The van der Waals surface area contributed by atoms with Gasteiger partial charge >= 0.3 is 0 Å². The Bertz CT molecular complexity index is 862. The summed E-state index contributed by atoms with van der Waals surface area (Å²) in [6, 6.07) is 9.71. The fourth-order valence-electron chi connectivity index (χ4n) is 2.33. The molecule has 1 aliphatic rings. The zero-order valence-corrected chi connectivity index (χ0v) is 13.1. The van der Waals surface area contributed by atoms with Gasteiger partial charge in [-0.2, -0.15) is 0 Å². The van der Waals surface area contributed by atoms with Gasteiger partial charge in [0.1, 0.15) is 11.6 Å². The van der Waals surface area contributed by atoms with Crippen LogP contribution in [-0.4, -0.2) is 28.0 Å². The molecule has 0 aliphatic carbocycles. The van der Waals surface area contributed by atoms with Crippen molar-refractivity contribution in [2.24, 2.45) is 0 Å². The van der Waals surface area contributed by atoms with E-state index in [4.69, 9.17) is 4.74 Å². The third kappa shape index (κ3) is 3.05. The number of halogens is 1. The number of hydrogen-bond donors (Lipinski definition) is 0. The van der Waals surface area contributed by atoms with Crippen molar-refractivity contribution < 1.29 is 22.3 Å². The Balaban J connectivity index is 1.94. The minimum atomic E-state index is -3.62. The molecule has 1 aliphatic heterocycles. The lowest BCUT2D eigenvalue weighted by Gasteiger charge is -2.26. The van der Waals surface area contributed by atoms with Crippen molar-refractivity contribution in [3.8, 4) is 5.75 Å². The number of carbonyl (C=O) groups excluding carboxylic acids is 1. The zero-order chi connectivity index (χ0) is 16.6. The van der Waals surface area contributed by atoms with Gasteiger partial charge in [-0.1, -0.05) is 12.1 Å². The number of ether oxygens (including phenoxy) is 1. The van der Waals surface area contributed by atoms with Crippen LogP contribution in [-0.2, 0) is 20.4 Å². The van der Waals surface area contributed by atoms with Crippen molar-refractivity contribution in [2.75, 3.05) is 18.6 Å². The number of sulfone groups is 1. The molecule has 0 atom stereocenters. The smallest absolute Gasteiger partial charge is 0.264 e. The predicted octanol–water partition coefficient (Wildman–Crippen LogP) is 2.15. The van der Waals surface area contributed by atoms with Crippen LogP contribution in [0.4, 0.5) is 10.1 Å². The van der Waals surface area contributed by atoms with Crippen molar-refractivity contribution in [1.82, 2.24) is 0 Å². The normalized spacial score (nSPS) is 14.3. The number of amides is 1. The summed E-state index contributed by atoms with van der Waals surface area (Å²) in [5, 5.41) is 0. The van der Waals surface area contributed by atoms with Crippen LogP contribution in [0.2, 0.25) is 0 Å². The van der Waals surface area contributed by atoms with E-state index in [0.717, 1.165) is 0 Å². The highest BCUT2D eigenvalue weighted by Gasteiger charge is 2.25. The molecule has 1 amide bonds. The molecule has 120 valence electrons. The highest BCUT2D eigenvalue weighted by molar-refractivity contribution is 7.90. The summed E-state index contributed by atoms with van der Waals surface area (Å²) in [5.74, 6) is -0.444. The van der Waals surface area contributed by atoms with Crippen LogP contribution >= 0.6 is 0 Å². The van der Waals surface area contributed by atoms with E-state index in [1.807, 2.05) is 0 Å². The van der Waals surface area contributed by atoms with Crippen LogP contribution in [0.3, 0.4) is 0 Å². The molecule has 0 unspecified atom stereocenters. The second-order valence-corrected chi connectivity index (χ2v) is 7.25. The summed E-state index contributed by atoms with van der Waals surface area (Å²) in [5.41, 5.74) is 0.909. The summed E-state index contributed by atoms with van der Waals surface area (Å²) >= 11 is 0. The number of nitrogens with zero attached hydrogens (tertiary/aromatic N) is 1. The topological polar surface area (TPSA) is 63.7 Å². The molecular weight excluding hydrogens is 321 g/mol. The molecule has 23 heavy (non-hydrogen) atoms. The van der Waals surface area contributed by atoms with E-state index >= 15 is 0 Å². The van der Waals surface area contributed by atoms with Gasteiger partial charge in [-0.05, 0) is 35.9 Å². The number of anilines is 1. The van der Waals surface area contributed by atoms with Crippen LogP contribution in [0, 0.1) is 5.82 Å². The van der Waals surface area contributed by atoms with E-state index < -0.39 is 15.7 Å². The van der Waals surface area contributed by atoms with Crippen molar-refractivity contribution in [1.29, 1.82) is 0 Å². The molecule has 0 saturated heterocycles. The Morgan fingerprint density at radius 2 is 1.87 bits per heavy atom. The Kier molecular flexibility index (Phi) is 3.81. The molecule has 5 nitrogen and oxygen atoms in total. The van der Waals surface area contributed by atoms with Crippen molar-refractivity contribution >= 4 is 21.4 Å². The average Bonchev–Trinajstić information content (AvgIpc) is 2.53. The SMILES string of the molecule is CN1C(=O)COc2ccc(S(=O)(=O)Cc3ccc(F)cc3)cc21. The van der Waals surface area contributed by atoms with E-state index in [1.54, 1.807) is 7.05 Å². The number of rotatable bonds is 3. The molecule has 0 spiro atoms. The van der Waals surface area contributed by atoms with Crippen LogP contribution in [0.1, 0.15) is 5.56 Å². The highest BCUT2D eigenvalue weighted by atomic mass is 32.2. The first-order valence-corrected chi connectivity index (χ1v) is 8.53. The molecule has 1 heterocycles.